The third kappa shape index (κ3) is 1.77. The topological polar surface area (TPSA) is 38.4 Å². The Morgan fingerprint density at radius 2 is 2.07 bits per heavy atom. The first-order chi connectivity index (χ1) is 6.81. The zero-order chi connectivity index (χ0) is 9.97. The Kier molecular flexibility index (Phi) is 2.77. The van der Waals surface area contributed by atoms with Crippen LogP contribution in [0, 0.1) is 0 Å². The van der Waals surface area contributed by atoms with E-state index >= 15 is 0 Å². The van der Waals surface area contributed by atoms with Crippen LogP contribution in [0.25, 0.3) is 0 Å². The number of hydrogen-bond donors (Lipinski definition) is 1. The fraction of sp³-hybridized carbons (Fsp3) is 0.364. The average molecular weight is 206 g/mol. The minimum absolute atomic E-state index is 0.349. The molecular weight excluding hydrogens is 192 g/mol. The van der Waals surface area contributed by atoms with E-state index in [1.807, 2.05) is 6.07 Å². The van der Waals surface area contributed by atoms with Gasteiger partial charge in [-0.15, -0.1) is 0 Å². The molecule has 0 amide bonds. The number of nitrogens with zero attached hydrogens (tertiary/aromatic N) is 1. The minimum Gasteiger partial charge on any atom is -0.379 e. The fourth-order valence-electron chi connectivity index (χ4n) is 1.71. The summed E-state index contributed by atoms with van der Waals surface area (Å²) in [5, 5.41) is 1.15. The molecule has 0 bridgehead atoms. The first-order valence-corrected chi connectivity index (χ1v) is 5.74. The fourth-order valence-corrected chi connectivity index (χ4v) is 2.87. The largest absolute Gasteiger partial charge is 0.379 e. The van der Waals surface area contributed by atoms with Gasteiger partial charge in [-0.2, -0.15) is 0 Å². The van der Waals surface area contributed by atoms with Crippen LogP contribution in [0.15, 0.2) is 35.3 Å². The molecule has 1 heterocycles. The highest BCUT2D eigenvalue weighted by Crippen LogP contribution is 2.39. The molecule has 2 atom stereocenters. The van der Waals surface area contributed by atoms with Gasteiger partial charge in [-0.05, 0) is 12.0 Å². The van der Waals surface area contributed by atoms with Gasteiger partial charge in [0, 0.05) is 0 Å². The molecule has 3 heteroatoms. The summed E-state index contributed by atoms with van der Waals surface area (Å²) in [4.78, 5) is 4.42. The van der Waals surface area contributed by atoms with Crippen LogP contribution in [0.1, 0.15) is 24.2 Å². The molecule has 0 spiro atoms. The first kappa shape index (κ1) is 9.59. The molecule has 1 aliphatic rings. The minimum atomic E-state index is 0.349. The van der Waals surface area contributed by atoms with Crippen molar-refractivity contribution in [2.24, 2.45) is 10.7 Å². The second kappa shape index (κ2) is 4.05. The maximum absolute atomic E-state index is 5.74. The van der Waals surface area contributed by atoms with Gasteiger partial charge < -0.3 is 5.73 Å². The maximum Gasteiger partial charge on any atom is 0.154 e. The summed E-state index contributed by atoms with van der Waals surface area (Å²) in [7, 11) is 0. The van der Waals surface area contributed by atoms with Crippen LogP contribution in [-0.4, -0.2) is 11.2 Å². The number of benzene rings is 1. The molecule has 0 unspecified atom stereocenters. The van der Waals surface area contributed by atoms with Gasteiger partial charge in [-0.3, -0.25) is 4.99 Å². The van der Waals surface area contributed by atoms with Crippen LogP contribution in [0.5, 0.6) is 0 Å². The van der Waals surface area contributed by atoms with E-state index in [0.29, 0.717) is 11.3 Å². The van der Waals surface area contributed by atoms with Gasteiger partial charge >= 0.3 is 0 Å². The maximum atomic E-state index is 5.74. The quantitative estimate of drug-likeness (QED) is 0.807. The molecule has 0 saturated heterocycles. The Labute approximate surface area is 88.6 Å². The summed E-state index contributed by atoms with van der Waals surface area (Å²) in [6.45, 7) is 2.16. The third-order valence-electron chi connectivity index (χ3n) is 2.44. The average Bonchev–Trinajstić information content (AvgIpc) is 2.61. The Morgan fingerprint density at radius 3 is 2.71 bits per heavy atom. The van der Waals surface area contributed by atoms with Crippen molar-refractivity contribution < 1.29 is 0 Å². The molecule has 1 aromatic rings. The smallest absolute Gasteiger partial charge is 0.154 e. The molecule has 2 nitrogen and oxygen atoms in total. The second-order valence-corrected chi connectivity index (χ2v) is 4.55. The number of nitrogens with two attached hydrogens (primary N) is 1. The van der Waals surface area contributed by atoms with Crippen molar-refractivity contribution in [1.82, 2.24) is 0 Å². The van der Waals surface area contributed by atoms with Crippen LogP contribution in [-0.2, 0) is 0 Å². The molecule has 0 radical (unpaired) electrons. The summed E-state index contributed by atoms with van der Waals surface area (Å²) >= 11 is 1.68. The predicted octanol–water partition coefficient (Wildman–Crippen LogP) is 2.57. The van der Waals surface area contributed by atoms with Crippen molar-refractivity contribution in [2.45, 2.75) is 24.6 Å². The summed E-state index contributed by atoms with van der Waals surface area (Å²) in [5.74, 6) is 0. The SMILES string of the molecule is CC[C@H]1N=C(N)S[C@H]1c1ccccc1. The highest BCUT2D eigenvalue weighted by molar-refractivity contribution is 8.14. The van der Waals surface area contributed by atoms with Gasteiger partial charge in [0.1, 0.15) is 0 Å². The lowest BCUT2D eigenvalue weighted by atomic mass is 10.0. The summed E-state index contributed by atoms with van der Waals surface area (Å²) < 4.78 is 0. The Bertz CT molecular complexity index is 334. The molecule has 74 valence electrons. The molecule has 0 aliphatic carbocycles. The Hall–Kier alpha value is -0.960. The Balaban J connectivity index is 2.21. The molecule has 1 aliphatic heterocycles. The van der Waals surface area contributed by atoms with E-state index in [1.165, 1.54) is 5.56 Å². The van der Waals surface area contributed by atoms with Gasteiger partial charge in [-0.25, -0.2) is 0 Å². The van der Waals surface area contributed by atoms with Crippen molar-refractivity contribution >= 4 is 16.9 Å². The first-order valence-electron chi connectivity index (χ1n) is 4.86. The second-order valence-electron chi connectivity index (χ2n) is 3.39. The highest BCUT2D eigenvalue weighted by Gasteiger charge is 2.28. The Morgan fingerprint density at radius 1 is 1.36 bits per heavy atom. The van der Waals surface area contributed by atoms with E-state index in [1.54, 1.807) is 11.8 Å². The van der Waals surface area contributed by atoms with E-state index in [4.69, 9.17) is 5.73 Å². The molecule has 0 saturated carbocycles. The highest BCUT2D eigenvalue weighted by atomic mass is 32.2. The lowest BCUT2D eigenvalue weighted by Gasteiger charge is -2.15. The van der Waals surface area contributed by atoms with Gasteiger partial charge in [0.25, 0.3) is 0 Å². The van der Waals surface area contributed by atoms with Crippen LogP contribution < -0.4 is 5.73 Å². The van der Waals surface area contributed by atoms with Gasteiger partial charge in [0.2, 0.25) is 0 Å². The van der Waals surface area contributed by atoms with Crippen molar-refractivity contribution in [1.29, 1.82) is 0 Å². The zero-order valence-corrected chi connectivity index (χ0v) is 9.00. The lowest BCUT2D eigenvalue weighted by molar-refractivity contribution is 0.648. The number of amidine groups is 1. The third-order valence-corrected chi connectivity index (χ3v) is 3.62. The van der Waals surface area contributed by atoms with Crippen LogP contribution >= 0.6 is 11.8 Å². The number of thioether (sulfide) groups is 1. The normalized spacial score (nSPS) is 26.2. The molecule has 1 aromatic carbocycles. The van der Waals surface area contributed by atoms with Crippen molar-refractivity contribution in [3.63, 3.8) is 0 Å². The van der Waals surface area contributed by atoms with E-state index in [-0.39, 0.29) is 0 Å². The standard InChI is InChI=1S/C11H14N2S/c1-2-9-10(14-11(12)13-9)8-6-4-3-5-7-8/h3-7,9-10H,2H2,1H3,(H2,12,13)/t9-,10+/m1/s1. The van der Waals surface area contributed by atoms with Gasteiger partial charge in [0.05, 0.1) is 11.3 Å². The van der Waals surface area contributed by atoms with E-state index in [2.05, 4.69) is 36.2 Å². The molecule has 2 N–H and O–H groups in total. The lowest BCUT2D eigenvalue weighted by Crippen LogP contribution is -2.08. The molecule has 0 aromatic heterocycles. The van der Waals surface area contributed by atoms with Crippen molar-refractivity contribution in [2.75, 3.05) is 0 Å². The van der Waals surface area contributed by atoms with Gasteiger partial charge in [0.15, 0.2) is 5.17 Å². The monoisotopic (exact) mass is 206 g/mol. The molecule has 0 fully saturated rings. The zero-order valence-electron chi connectivity index (χ0n) is 8.18. The predicted molar refractivity (Wildman–Crippen MR) is 62.5 cm³/mol. The molecule has 14 heavy (non-hydrogen) atoms. The van der Waals surface area contributed by atoms with E-state index in [0.717, 1.165) is 11.6 Å². The van der Waals surface area contributed by atoms with Gasteiger partial charge in [-0.1, -0.05) is 49.0 Å². The molecular formula is C11H14N2S. The van der Waals surface area contributed by atoms with Crippen LogP contribution in [0.4, 0.5) is 0 Å². The number of hydrogen-bond acceptors (Lipinski definition) is 3. The summed E-state index contributed by atoms with van der Waals surface area (Å²) in [6, 6.07) is 10.8. The van der Waals surface area contributed by atoms with Crippen molar-refractivity contribution in [3.05, 3.63) is 35.9 Å². The van der Waals surface area contributed by atoms with Crippen LogP contribution in [0.3, 0.4) is 0 Å². The molecule has 2 rings (SSSR count). The van der Waals surface area contributed by atoms with E-state index in [9.17, 15) is 0 Å². The number of rotatable bonds is 2. The number of aliphatic imine (C=N–C) groups is 1. The van der Waals surface area contributed by atoms with Crippen LogP contribution in [0.2, 0.25) is 0 Å². The van der Waals surface area contributed by atoms with Crippen molar-refractivity contribution in [3.8, 4) is 0 Å². The summed E-state index contributed by atoms with van der Waals surface area (Å²) in [5.41, 5.74) is 7.07. The van der Waals surface area contributed by atoms with E-state index < -0.39 is 0 Å². The summed E-state index contributed by atoms with van der Waals surface area (Å²) in [6.07, 6.45) is 1.05.